The van der Waals surface area contributed by atoms with Gasteiger partial charge < -0.3 is 0 Å². The molecule has 0 amide bonds. The maximum Gasteiger partial charge on any atom is -0.0143 e. The third kappa shape index (κ3) is 13.4. The molecule has 0 nitrogen and oxygen atoms in total. The predicted molar refractivity (Wildman–Crippen MR) is 193 cm³/mol. The molecule has 0 spiro atoms. The van der Waals surface area contributed by atoms with Crippen molar-refractivity contribution in [3.63, 3.8) is 0 Å². The molecule has 41 heavy (non-hydrogen) atoms. The summed E-state index contributed by atoms with van der Waals surface area (Å²) in [6, 6.07) is 0. The van der Waals surface area contributed by atoms with Crippen LogP contribution in [0.4, 0.5) is 0 Å². The van der Waals surface area contributed by atoms with Gasteiger partial charge in [0.15, 0.2) is 0 Å². The standard InChI is InChI=1S/C31H50.C4H10.3C2H6/c1-21-19-23(3)25(5)27(20-21)15-14-26-11-10-18-31(9)28(16-17-29(26)31)22(2)12-13-24(4)30(6,7)8;1-4(2)3;3*1-2/h12-15,21-24,28-29H,5,10-11,16-20H2,1-4,6-9H3;4H,1-3H3;3*1-2H3/b13-12+,26-14+,27-15-;;;;. The molecule has 0 aliphatic heterocycles. The third-order valence-corrected chi connectivity index (χ3v) is 9.57. The largest absolute Gasteiger partial charge is 0.0953 e. The fraction of sp³-hybridized carbons (Fsp3) is 0.805. The summed E-state index contributed by atoms with van der Waals surface area (Å²) in [6.07, 6.45) is 19.4. The average molecular weight is 571 g/mol. The van der Waals surface area contributed by atoms with E-state index in [1.807, 2.05) is 41.5 Å². The minimum atomic E-state index is 0.352. The summed E-state index contributed by atoms with van der Waals surface area (Å²) >= 11 is 0. The van der Waals surface area contributed by atoms with Gasteiger partial charge in [0.2, 0.25) is 0 Å². The molecule has 0 aromatic carbocycles. The Hall–Kier alpha value is -1.04. The van der Waals surface area contributed by atoms with Crippen LogP contribution in [0, 0.1) is 52.3 Å². The van der Waals surface area contributed by atoms with E-state index in [1.54, 1.807) is 5.57 Å². The van der Waals surface area contributed by atoms with Crippen molar-refractivity contribution in [3.8, 4) is 0 Å². The van der Waals surface area contributed by atoms with Crippen LogP contribution in [0.5, 0.6) is 0 Å². The molecule has 242 valence electrons. The van der Waals surface area contributed by atoms with E-state index in [1.165, 1.54) is 56.1 Å². The van der Waals surface area contributed by atoms with Crippen LogP contribution in [0.2, 0.25) is 0 Å². The van der Waals surface area contributed by atoms with E-state index < -0.39 is 0 Å². The topological polar surface area (TPSA) is 0 Å². The minimum Gasteiger partial charge on any atom is -0.0953 e. The van der Waals surface area contributed by atoms with Gasteiger partial charge in [-0.1, -0.05) is 154 Å². The van der Waals surface area contributed by atoms with E-state index >= 15 is 0 Å². The second-order valence-corrected chi connectivity index (χ2v) is 14.6. The van der Waals surface area contributed by atoms with Gasteiger partial charge in [-0.25, -0.2) is 0 Å². The van der Waals surface area contributed by atoms with Crippen molar-refractivity contribution in [2.45, 2.75) is 163 Å². The molecule has 0 N–H and O–H groups in total. The van der Waals surface area contributed by atoms with E-state index in [2.05, 4.69) is 107 Å². The van der Waals surface area contributed by atoms with Gasteiger partial charge in [0.1, 0.15) is 0 Å². The van der Waals surface area contributed by atoms with Crippen LogP contribution in [0.15, 0.2) is 47.6 Å². The fourth-order valence-electron chi connectivity index (χ4n) is 6.94. The highest BCUT2D eigenvalue weighted by Gasteiger charge is 2.50. The Balaban J connectivity index is 0. The fourth-order valence-corrected chi connectivity index (χ4v) is 6.94. The number of rotatable bonds is 4. The molecule has 0 radical (unpaired) electrons. The van der Waals surface area contributed by atoms with E-state index in [0.717, 1.165) is 23.7 Å². The summed E-state index contributed by atoms with van der Waals surface area (Å²) in [4.78, 5) is 0. The van der Waals surface area contributed by atoms with Gasteiger partial charge in [0, 0.05) is 0 Å². The van der Waals surface area contributed by atoms with Crippen LogP contribution in [0.3, 0.4) is 0 Å². The molecule has 3 aliphatic rings. The minimum absolute atomic E-state index is 0.352. The smallest absolute Gasteiger partial charge is 0.0143 e. The maximum absolute atomic E-state index is 4.44. The van der Waals surface area contributed by atoms with Crippen LogP contribution in [-0.2, 0) is 0 Å². The zero-order valence-electron chi connectivity index (χ0n) is 31.5. The summed E-state index contributed by atoms with van der Waals surface area (Å²) in [5.74, 6) is 5.18. The number of hydrogen-bond donors (Lipinski definition) is 0. The van der Waals surface area contributed by atoms with Crippen molar-refractivity contribution in [3.05, 3.63) is 47.6 Å². The van der Waals surface area contributed by atoms with Crippen molar-refractivity contribution in [1.29, 1.82) is 0 Å². The molecule has 0 bridgehead atoms. The van der Waals surface area contributed by atoms with Gasteiger partial charge in [0.05, 0.1) is 0 Å². The number of hydrogen-bond acceptors (Lipinski definition) is 0. The summed E-state index contributed by atoms with van der Waals surface area (Å²) in [7, 11) is 0. The number of fused-ring (bicyclic) bond motifs is 1. The molecule has 3 aliphatic carbocycles. The van der Waals surface area contributed by atoms with Gasteiger partial charge in [0.25, 0.3) is 0 Å². The van der Waals surface area contributed by atoms with E-state index in [9.17, 15) is 0 Å². The molecule has 0 aromatic rings. The van der Waals surface area contributed by atoms with E-state index in [4.69, 9.17) is 0 Å². The van der Waals surface area contributed by atoms with E-state index in [0.29, 0.717) is 28.6 Å². The molecule has 0 heterocycles. The molecule has 3 fully saturated rings. The Labute approximate surface area is 262 Å². The summed E-state index contributed by atoms with van der Waals surface area (Å²) in [6.45, 7) is 42.2. The highest BCUT2D eigenvalue weighted by molar-refractivity contribution is 5.37. The first-order valence-corrected chi connectivity index (χ1v) is 17.9. The Bertz CT molecular complexity index is 779. The van der Waals surface area contributed by atoms with Crippen molar-refractivity contribution in [2.24, 2.45) is 52.3 Å². The quantitative estimate of drug-likeness (QED) is 0.295. The monoisotopic (exact) mass is 571 g/mol. The highest BCUT2D eigenvalue weighted by Crippen LogP contribution is 2.59. The lowest BCUT2D eigenvalue weighted by molar-refractivity contribution is 0.112. The van der Waals surface area contributed by atoms with Gasteiger partial charge >= 0.3 is 0 Å². The van der Waals surface area contributed by atoms with Crippen LogP contribution < -0.4 is 0 Å². The molecule has 7 unspecified atom stereocenters. The third-order valence-electron chi connectivity index (χ3n) is 9.57. The molecule has 0 heteroatoms. The normalized spacial score (nSPS) is 31.0. The predicted octanol–water partition coefficient (Wildman–Crippen LogP) is 14.3. The van der Waals surface area contributed by atoms with Gasteiger partial charge in [-0.2, -0.15) is 0 Å². The summed E-state index contributed by atoms with van der Waals surface area (Å²) < 4.78 is 0. The lowest BCUT2D eigenvalue weighted by atomic mass is 9.61. The second kappa shape index (κ2) is 20.8. The second-order valence-electron chi connectivity index (χ2n) is 14.6. The zero-order valence-corrected chi connectivity index (χ0v) is 31.5. The molecule has 0 aromatic heterocycles. The molecule has 3 saturated carbocycles. The Morgan fingerprint density at radius 3 is 1.90 bits per heavy atom. The van der Waals surface area contributed by atoms with Crippen LogP contribution in [0.1, 0.15) is 163 Å². The SMILES string of the molecule is C=C1/C(=C\C=C2/CCCC3(C)C2CCC3C(C)/C=C/C(C)C(C)(C)C)CC(C)CC1C.CC.CC.CC.CC(C)C. The van der Waals surface area contributed by atoms with Gasteiger partial charge in [-0.3, -0.25) is 0 Å². The summed E-state index contributed by atoms with van der Waals surface area (Å²) in [5.41, 5.74) is 5.48. The van der Waals surface area contributed by atoms with Crippen LogP contribution >= 0.6 is 0 Å². The highest BCUT2D eigenvalue weighted by atomic mass is 14.5. The Morgan fingerprint density at radius 2 is 1.39 bits per heavy atom. The molecular formula is C41H78. The van der Waals surface area contributed by atoms with Crippen molar-refractivity contribution in [1.82, 2.24) is 0 Å². The van der Waals surface area contributed by atoms with Crippen molar-refractivity contribution >= 4 is 0 Å². The molecule has 0 saturated heterocycles. The lowest BCUT2D eigenvalue weighted by Crippen LogP contribution is -2.35. The first-order valence-electron chi connectivity index (χ1n) is 17.9. The maximum atomic E-state index is 4.44. The first-order chi connectivity index (χ1) is 19.2. The average Bonchev–Trinajstić information content (AvgIpc) is 3.28. The lowest BCUT2D eigenvalue weighted by Gasteiger charge is -2.44. The Kier molecular flexibility index (Phi) is 21.3. The zero-order chi connectivity index (χ0) is 32.6. The molecular weight excluding hydrogens is 492 g/mol. The van der Waals surface area contributed by atoms with E-state index in [-0.39, 0.29) is 0 Å². The van der Waals surface area contributed by atoms with Crippen LogP contribution in [0.25, 0.3) is 0 Å². The van der Waals surface area contributed by atoms with Crippen molar-refractivity contribution in [2.75, 3.05) is 0 Å². The number of allylic oxidation sites excluding steroid dienone is 7. The first kappa shape index (κ1) is 42.1. The van der Waals surface area contributed by atoms with Gasteiger partial charge in [-0.05, 0) is 108 Å². The van der Waals surface area contributed by atoms with Crippen LogP contribution in [-0.4, -0.2) is 0 Å². The molecule has 7 atom stereocenters. The van der Waals surface area contributed by atoms with Gasteiger partial charge in [-0.15, -0.1) is 0 Å². The van der Waals surface area contributed by atoms with Crippen molar-refractivity contribution < 1.29 is 0 Å². The molecule has 3 rings (SSSR count). The summed E-state index contributed by atoms with van der Waals surface area (Å²) in [5, 5.41) is 0. The Morgan fingerprint density at radius 1 is 0.854 bits per heavy atom.